The first-order valence-corrected chi connectivity index (χ1v) is 8.51. The lowest BCUT2D eigenvalue weighted by Crippen LogP contribution is -2.60. The van der Waals surface area contributed by atoms with Gasteiger partial charge in [0.2, 0.25) is 0 Å². The van der Waals surface area contributed by atoms with E-state index in [0.717, 1.165) is 19.0 Å². The van der Waals surface area contributed by atoms with Gasteiger partial charge in [-0.2, -0.15) is 0 Å². The minimum Gasteiger partial charge on any atom is -0.364 e. The van der Waals surface area contributed by atoms with Crippen molar-refractivity contribution in [2.45, 2.75) is 58.4 Å². The third kappa shape index (κ3) is 2.70. The predicted molar refractivity (Wildman–Crippen MR) is 90.7 cm³/mol. The second-order valence-corrected chi connectivity index (χ2v) is 8.17. The molecule has 1 aromatic carbocycles. The Hall–Kier alpha value is -1.02. The first kappa shape index (κ1) is 14.9. The fourth-order valence-electron chi connectivity index (χ4n) is 5.20. The largest absolute Gasteiger partial charge is 0.364 e. The van der Waals surface area contributed by atoms with Crippen LogP contribution in [-0.2, 0) is 6.42 Å². The lowest BCUT2D eigenvalue weighted by Gasteiger charge is -2.55. The number of nitrogens with two attached hydrogens (primary N) is 1. The van der Waals surface area contributed by atoms with Crippen LogP contribution in [0, 0.1) is 11.3 Å². The van der Waals surface area contributed by atoms with Crippen molar-refractivity contribution < 1.29 is 0 Å². The number of aryl methyl sites for hydroxylation is 1. The molecule has 21 heavy (non-hydrogen) atoms. The maximum Gasteiger partial charge on any atom is 0.0531 e. The van der Waals surface area contributed by atoms with Crippen molar-refractivity contribution in [3.8, 4) is 0 Å². The van der Waals surface area contributed by atoms with Gasteiger partial charge in [-0.3, -0.25) is 0 Å². The molecule has 1 fully saturated rings. The maximum atomic E-state index is 6.37. The number of anilines is 1. The van der Waals surface area contributed by atoms with E-state index < -0.39 is 0 Å². The molecule has 2 heteroatoms. The van der Waals surface area contributed by atoms with Crippen molar-refractivity contribution >= 4 is 5.69 Å². The van der Waals surface area contributed by atoms with Crippen LogP contribution >= 0.6 is 0 Å². The molecule has 0 amide bonds. The summed E-state index contributed by atoms with van der Waals surface area (Å²) in [5.74, 6) is 0.756. The predicted octanol–water partition coefficient (Wildman–Crippen LogP) is 3.98. The van der Waals surface area contributed by atoms with E-state index in [-0.39, 0.29) is 5.54 Å². The van der Waals surface area contributed by atoms with Gasteiger partial charge < -0.3 is 10.6 Å². The Morgan fingerprint density at radius 3 is 2.71 bits per heavy atom. The average Bonchev–Trinajstić information content (AvgIpc) is 2.44. The minimum atomic E-state index is 0.150. The summed E-state index contributed by atoms with van der Waals surface area (Å²) in [5, 5.41) is 0. The zero-order chi connectivity index (χ0) is 15.1. The van der Waals surface area contributed by atoms with E-state index in [0.29, 0.717) is 5.41 Å². The zero-order valence-corrected chi connectivity index (χ0v) is 13.9. The molecule has 1 aliphatic heterocycles. The highest BCUT2D eigenvalue weighted by atomic mass is 15.2. The number of benzene rings is 1. The Morgan fingerprint density at radius 1 is 1.24 bits per heavy atom. The summed E-state index contributed by atoms with van der Waals surface area (Å²) in [6.07, 6.45) is 6.25. The van der Waals surface area contributed by atoms with Gasteiger partial charge in [0.05, 0.1) is 5.54 Å². The highest BCUT2D eigenvalue weighted by Gasteiger charge is 2.46. The second kappa shape index (κ2) is 5.31. The molecule has 0 saturated heterocycles. The van der Waals surface area contributed by atoms with E-state index >= 15 is 0 Å². The molecule has 2 unspecified atom stereocenters. The lowest BCUT2D eigenvalue weighted by atomic mass is 9.63. The molecule has 0 spiro atoms. The second-order valence-electron chi connectivity index (χ2n) is 8.17. The number of para-hydroxylation sites is 1. The summed E-state index contributed by atoms with van der Waals surface area (Å²) in [4.78, 5) is 2.67. The molecule has 2 atom stereocenters. The molecule has 2 N–H and O–H groups in total. The lowest BCUT2D eigenvalue weighted by molar-refractivity contribution is 0.104. The summed E-state index contributed by atoms with van der Waals surface area (Å²) < 4.78 is 0. The molecular formula is C19H30N2. The third-order valence-electron chi connectivity index (χ3n) is 5.50. The molecule has 116 valence electrons. The molecule has 0 bridgehead atoms. The number of hydrogen-bond acceptors (Lipinski definition) is 2. The number of fused-ring (bicyclic) bond motifs is 1. The van der Waals surface area contributed by atoms with E-state index in [1.165, 1.54) is 43.4 Å². The van der Waals surface area contributed by atoms with E-state index in [2.05, 4.69) is 49.9 Å². The van der Waals surface area contributed by atoms with Gasteiger partial charge in [-0.1, -0.05) is 39.0 Å². The Morgan fingerprint density at radius 2 is 2.00 bits per heavy atom. The fraction of sp³-hybridized carbons (Fsp3) is 0.684. The van der Waals surface area contributed by atoms with Crippen LogP contribution < -0.4 is 10.6 Å². The molecule has 0 radical (unpaired) electrons. The Kier molecular flexibility index (Phi) is 3.77. The summed E-state index contributed by atoms with van der Waals surface area (Å²) >= 11 is 0. The van der Waals surface area contributed by atoms with E-state index in [9.17, 15) is 0 Å². The molecule has 1 saturated carbocycles. The van der Waals surface area contributed by atoms with Crippen molar-refractivity contribution in [3.05, 3.63) is 29.8 Å². The van der Waals surface area contributed by atoms with E-state index in [1.807, 2.05) is 0 Å². The Balaban J connectivity index is 2.00. The van der Waals surface area contributed by atoms with Gasteiger partial charge >= 0.3 is 0 Å². The number of nitrogens with zero attached hydrogens (tertiary/aromatic N) is 1. The molecule has 1 aliphatic carbocycles. The van der Waals surface area contributed by atoms with Gasteiger partial charge in [-0.25, -0.2) is 0 Å². The van der Waals surface area contributed by atoms with Crippen LogP contribution in [0.2, 0.25) is 0 Å². The van der Waals surface area contributed by atoms with Gasteiger partial charge in [-0.15, -0.1) is 0 Å². The normalized spacial score (nSPS) is 31.8. The molecule has 2 aliphatic rings. The van der Waals surface area contributed by atoms with Gasteiger partial charge in [0.25, 0.3) is 0 Å². The van der Waals surface area contributed by atoms with Crippen LogP contribution in [0.25, 0.3) is 0 Å². The number of hydrogen-bond donors (Lipinski definition) is 1. The third-order valence-corrected chi connectivity index (χ3v) is 5.50. The standard InChI is InChI=1S/C19H30N2/c1-15-11-18(2,3)13-19(12-15,14-20)21-10-6-8-16-7-4-5-9-17(16)21/h4-5,7,9,15H,6,8,10-14,20H2,1-3H3. The van der Waals surface area contributed by atoms with Crippen LogP contribution in [0.4, 0.5) is 5.69 Å². The molecule has 1 aromatic rings. The minimum absolute atomic E-state index is 0.150. The molecule has 2 nitrogen and oxygen atoms in total. The first-order chi connectivity index (χ1) is 9.96. The van der Waals surface area contributed by atoms with Crippen LogP contribution in [0.5, 0.6) is 0 Å². The van der Waals surface area contributed by atoms with Crippen LogP contribution in [0.1, 0.15) is 52.0 Å². The van der Waals surface area contributed by atoms with Crippen molar-refractivity contribution in [2.24, 2.45) is 17.1 Å². The Labute approximate surface area is 129 Å². The average molecular weight is 286 g/mol. The molecule has 0 aromatic heterocycles. The zero-order valence-electron chi connectivity index (χ0n) is 13.9. The summed E-state index contributed by atoms with van der Waals surface area (Å²) in [5.41, 5.74) is 9.86. The van der Waals surface area contributed by atoms with Gasteiger partial charge in [0, 0.05) is 18.8 Å². The molecule has 1 heterocycles. The smallest absolute Gasteiger partial charge is 0.0531 e. The quantitative estimate of drug-likeness (QED) is 0.891. The van der Waals surface area contributed by atoms with Crippen molar-refractivity contribution in [1.29, 1.82) is 0 Å². The maximum absolute atomic E-state index is 6.37. The molecular weight excluding hydrogens is 256 g/mol. The van der Waals surface area contributed by atoms with Crippen LogP contribution in [0.3, 0.4) is 0 Å². The van der Waals surface area contributed by atoms with Crippen molar-refractivity contribution in [2.75, 3.05) is 18.0 Å². The topological polar surface area (TPSA) is 29.3 Å². The fourth-order valence-corrected chi connectivity index (χ4v) is 5.20. The van der Waals surface area contributed by atoms with Crippen LogP contribution in [0.15, 0.2) is 24.3 Å². The van der Waals surface area contributed by atoms with E-state index in [4.69, 9.17) is 5.73 Å². The van der Waals surface area contributed by atoms with Gasteiger partial charge in [0.1, 0.15) is 0 Å². The SMILES string of the molecule is CC1CC(C)(C)CC(CN)(N2CCCc3ccccc32)C1. The number of rotatable bonds is 2. The van der Waals surface area contributed by atoms with Gasteiger partial charge in [-0.05, 0) is 55.1 Å². The molecule has 3 rings (SSSR count). The van der Waals surface area contributed by atoms with Crippen LogP contribution in [-0.4, -0.2) is 18.6 Å². The summed E-state index contributed by atoms with van der Waals surface area (Å²) in [7, 11) is 0. The highest BCUT2D eigenvalue weighted by Crippen LogP contribution is 2.48. The highest BCUT2D eigenvalue weighted by molar-refractivity contribution is 5.58. The Bertz CT molecular complexity index is 508. The first-order valence-electron chi connectivity index (χ1n) is 8.51. The van der Waals surface area contributed by atoms with Crippen molar-refractivity contribution in [3.63, 3.8) is 0 Å². The van der Waals surface area contributed by atoms with Crippen molar-refractivity contribution in [1.82, 2.24) is 0 Å². The monoisotopic (exact) mass is 286 g/mol. The van der Waals surface area contributed by atoms with E-state index in [1.54, 1.807) is 0 Å². The van der Waals surface area contributed by atoms with Gasteiger partial charge in [0.15, 0.2) is 0 Å². The summed E-state index contributed by atoms with van der Waals surface area (Å²) in [6, 6.07) is 8.95. The summed E-state index contributed by atoms with van der Waals surface area (Å²) in [6.45, 7) is 9.18.